The first-order valence-corrected chi connectivity index (χ1v) is 7.47. The van der Waals surface area contributed by atoms with E-state index in [2.05, 4.69) is 10.3 Å². The zero-order valence-electron chi connectivity index (χ0n) is 13.7. The van der Waals surface area contributed by atoms with Crippen molar-refractivity contribution in [3.63, 3.8) is 0 Å². The quantitative estimate of drug-likeness (QED) is 0.807. The lowest BCUT2D eigenvalue weighted by Gasteiger charge is -2.24. The summed E-state index contributed by atoms with van der Waals surface area (Å²) in [5.41, 5.74) is 1.08. The Kier molecular flexibility index (Phi) is 4.63. The summed E-state index contributed by atoms with van der Waals surface area (Å²) in [6.45, 7) is 6.95. The predicted molar refractivity (Wildman–Crippen MR) is 87.5 cm³/mol. The molecule has 0 aliphatic heterocycles. The lowest BCUT2D eigenvalue weighted by molar-refractivity contribution is -0.140. The topological polar surface area (TPSA) is 91.4 Å². The Morgan fingerprint density at radius 1 is 1.26 bits per heavy atom. The molecule has 2 atom stereocenters. The van der Waals surface area contributed by atoms with Gasteiger partial charge in [-0.2, -0.15) is 0 Å². The van der Waals surface area contributed by atoms with Crippen molar-refractivity contribution in [2.45, 2.75) is 45.3 Å². The highest BCUT2D eigenvalue weighted by atomic mass is 16.6. The SMILES string of the molecule is C[C@H](c1c[nH]c2ccccc12)[C@H](NC(=O)OC(C)(C)C)C(=O)O. The molecule has 23 heavy (non-hydrogen) atoms. The molecule has 0 radical (unpaired) electrons. The van der Waals surface area contributed by atoms with Gasteiger partial charge in [-0.05, 0) is 32.4 Å². The minimum absolute atomic E-state index is 0.420. The van der Waals surface area contributed by atoms with Gasteiger partial charge in [0.15, 0.2) is 0 Å². The van der Waals surface area contributed by atoms with Crippen molar-refractivity contribution in [2.24, 2.45) is 0 Å². The molecule has 0 unspecified atom stereocenters. The number of benzene rings is 1. The summed E-state index contributed by atoms with van der Waals surface area (Å²) in [4.78, 5) is 26.6. The summed E-state index contributed by atoms with van der Waals surface area (Å²) < 4.78 is 5.15. The van der Waals surface area contributed by atoms with Crippen molar-refractivity contribution in [3.8, 4) is 0 Å². The highest BCUT2D eigenvalue weighted by Crippen LogP contribution is 2.28. The van der Waals surface area contributed by atoms with E-state index < -0.39 is 29.6 Å². The maximum absolute atomic E-state index is 11.9. The summed E-state index contributed by atoms with van der Waals surface area (Å²) in [5.74, 6) is -1.52. The van der Waals surface area contributed by atoms with Gasteiger partial charge < -0.3 is 20.1 Å². The molecular formula is C17H22N2O4. The Morgan fingerprint density at radius 3 is 2.52 bits per heavy atom. The largest absolute Gasteiger partial charge is 0.480 e. The fraction of sp³-hybridized carbons (Fsp3) is 0.412. The van der Waals surface area contributed by atoms with Gasteiger partial charge in [0.05, 0.1) is 0 Å². The second kappa shape index (κ2) is 6.32. The van der Waals surface area contributed by atoms with Gasteiger partial charge in [-0.1, -0.05) is 25.1 Å². The lowest BCUT2D eigenvalue weighted by atomic mass is 9.93. The number of alkyl carbamates (subject to hydrolysis) is 1. The molecule has 0 aliphatic carbocycles. The number of H-pyrrole nitrogens is 1. The van der Waals surface area contributed by atoms with Gasteiger partial charge in [0, 0.05) is 23.0 Å². The second-order valence-corrected chi connectivity index (χ2v) is 6.54. The van der Waals surface area contributed by atoms with Crippen LogP contribution in [-0.2, 0) is 9.53 Å². The minimum Gasteiger partial charge on any atom is -0.480 e. The maximum atomic E-state index is 11.9. The zero-order chi connectivity index (χ0) is 17.2. The number of para-hydroxylation sites is 1. The van der Waals surface area contributed by atoms with Gasteiger partial charge in [0.1, 0.15) is 11.6 Å². The number of carbonyl (C=O) groups is 2. The number of hydrogen-bond acceptors (Lipinski definition) is 3. The fourth-order valence-corrected chi connectivity index (χ4v) is 2.49. The molecule has 0 spiro atoms. The van der Waals surface area contributed by atoms with Crippen LogP contribution in [0.15, 0.2) is 30.5 Å². The molecule has 0 saturated heterocycles. The second-order valence-electron chi connectivity index (χ2n) is 6.54. The molecule has 6 nitrogen and oxygen atoms in total. The third kappa shape index (κ3) is 4.03. The molecule has 0 aliphatic rings. The number of aromatic nitrogens is 1. The Morgan fingerprint density at radius 2 is 1.91 bits per heavy atom. The molecule has 1 aromatic heterocycles. The molecule has 0 fully saturated rings. The van der Waals surface area contributed by atoms with Gasteiger partial charge >= 0.3 is 12.1 Å². The van der Waals surface area contributed by atoms with Crippen molar-refractivity contribution >= 4 is 23.0 Å². The molecule has 2 rings (SSSR count). The van der Waals surface area contributed by atoms with Gasteiger partial charge in [0.25, 0.3) is 0 Å². The van der Waals surface area contributed by atoms with E-state index in [1.165, 1.54) is 0 Å². The van der Waals surface area contributed by atoms with E-state index in [1.54, 1.807) is 33.9 Å². The van der Waals surface area contributed by atoms with E-state index in [4.69, 9.17) is 4.74 Å². The predicted octanol–water partition coefficient (Wildman–Crippen LogP) is 3.25. The normalized spacial score (nSPS) is 14.3. The van der Waals surface area contributed by atoms with Crippen molar-refractivity contribution in [1.82, 2.24) is 10.3 Å². The molecule has 1 amide bonds. The zero-order valence-corrected chi connectivity index (χ0v) is 13.7. The molecule has 124 valence electrons. The van der Waals surface area contributed by atoms with E-state index in [0.717, 1.165) is 16.5 Å². The standard InChI is InChI=1S/C17H22N2O4/c1-10(12-9-18-13-8-6-5-7-11(12)13)14(15(20)21)19-16(22)23-17(2,3)4/h5-10,14,18H,1-4H3,(H,19,22)(H,20,21)/t10-,14+/m1/s1. The van der Waals surface area contributed by atoms with Crippen LogP contribution in [0.25, 0.3) is 10.9 Å². The van der Waals surface area contributed by atoms with Gasteiger partial charge in [-0.25, -0.2) is 9.59 Å². The Balaban J connectivity index is 2.23. The van der Waals surface area contributed by atoms with E-state index in [9.17, 15) is 14.7 Å². The highest BCUT2D eigenvalue weighted by Gasteiger charge is 2.30. The number of amides is 1. The number of rotatable bonds is 4. The van der Waals surface area contributed by atoms with Crippen LogP contribution in [0.2, 0.25) is 0 Å². The molecule has 1 heterocycles. The van der Waals surface area contributed by atoms with Crippen LogP contribution in [0.4, 0.5) is 4.79 Å². The van der Waals surface area contributed by atoms with E-state index in [1.807, 2.05) is 24.3 Å². The summed E-state index contributed by atoms with van der Waals surface area (Å²) in [6.07, 6.45) is 1.04. The molecule has 3 N–H and O–H groups in total. The van der Waals surface area contributed by atoms with Crippen LogP contribution in [0.5, 0.6) is 0 Å². The fourth-order valence-electron chi connectivity index (χ4n) is 2.49. The number of carboxylic acids is 1. The Hall–Kier alpha value is -2.50. The third-order valence-corrected chi connectivity index (χ3v) is 3.55. The third-order valence-electron chi connectivity index (χ3n) is 3.55. The molecule has 2 aromatic rings. The average Bonchev–Trinajstić information content (AvgIpc) is 2.85. The van der Waals surface area contributed by atoms with E-state index >= 15 is 0 Å². The van der Waals surface area contributed by atoms with Crippen LogP contribution in [0, 0.1) is 0 Å². The number of fused-ring (bicyclic) bond motifs is 1. The molecular weight excluding hydrogens is 296 g/mol. The summed E-state index contributed by atoms with van der Waals surface area (Å²) in [7, 11) is 0. The lowest BCUT2D eigenvalue weighted by Crippen LogP contribution is -2.46. The van der Waals surface area contributed by atoms with E-state index in [-0.39, 0.29) is 0 Å². The van der Waals surface area contributed by atoms with Crippen molar-refractivity contribution in [1.29, 1.82) is 0 Å². The molecule has 0 saturated carbocycles. The smallest absolute Gasteiger partial charge is 0.408 e. The van der Waals surface area contributed by atoms with E-state index in [0.29, 0.717) is 0 Å². The first-order chi connectivity index (χ1) is 10.7. The number of aliphatic carboxylic acids is 1. The maximum Gasteiger partial charge on any atom is 0.408 e. The average molecular weight is 318 g/mol. The Labute approximate surface area is 134 Å². The van der Waals surface area contributed by atoms with Crippen LogP contribution in [0.1, 0.15) is 39.2 Å². The Bertz CT molecular complexity index is 715. The number of hydrogen-bond donors (Lipinski definition) is 3. The number of carbonyl (C=O) groups excluding carboxylic acids is 1. The molecule has 6 heteroatoms. The number of carboxylic acid groups (broad SMARTS) is 1. The van der Waals surface area contributed by atoms with Crippen LogP contribution in [0.3, 0.4) is 0 Å². The number of nitrogens with one attached hydrogen (secondary N) is 2. The number of aromatic amines is 1. The molecule has 1 aromatic carbocycles. The van der Waals surface area contributed by atoms with Crippen LogP contribution >= 0.6 is 0 Å². The van der Waals surface area contributed by atoms with Crippen LogP contribution < -0.4 is 5.32 Å². The minimum atomic E-state index is -1.10. The summed E-state index contributed by atoms with van der Waals surface area (Å²) in [5, 5.41) is 12.9. The van der Waals surface area contributed by atoms with Gasteiger partial charge in [-0.15, -0.1) is 0 Å². The number of ether oxygens (including phenoxy) is 1. The highest BCUT2D eigenvalue weighted by molar-refractivity contribution is 5.86. The van der Waals surface area contributed by atoms with Crippen LogP contribution in [-0.4, -0.2) is 33.8 Å². The monoisotopic (exact) mass is 318 g/mol. The van der Waals surface area contributed by atoms with Gasteiger partial charge in [0.2, 0.25) is 0 Å². The first-order valence-electron chi connectivity index (χ1n) is 7.47. The van der Waals surface area contributed by atoms with Crippen molar-refractivity contribution in [2.75, 3.05) is 0 Å². The first kappa shape index (κ1) is 16.9. The summed E-state index contributed by atoms with van der Waals surface area (Å²) >= 11 is 0. The van der Waals surface area contributed by atoms with Crippen molar-refractivity contribution < 1.29 is 19.4 Å². The van der Waals surface area contributed by atoms with Gasteiger partial charge in [-0.3, -0.25) is 0 Å². The summed E-state index contributed by atoms with van der Waals surface area (Å²) in [6, 6.07) is 6.56. The molecule has 0 bridgehead atoms. The van der Waals surface area contributed by atoms with Crippen molar-refractivity contribution in [3.05, 3.63) is 36.0 Å².